The molecule has 0 saturated heterocycles. The molecule has 0 radical (unpaired) electrons. The van der Waals surface area contributed by atoms with Gasteiger partial charge in [0.2, 0.25) is 0 Å². The van der Waals surface area contributed by atoms with Crippen molar-refractivity contribution in [1.29, 1.82) is 0 Å². The highest BCUT2D eigenvalue weighted by atomic mass is 16.5. The van der Waals surface area contributed by atoms with Crippen LogP contribution in [-0.4, -0.2) is 41.8 Å². The van der Waals surface area contributed by atoms with Crippen molar-refractivity contribution < 1.29 is 23.8 Å². The monoisotopic (exact) mass is 411 g/mol. The molecule has 1 aromatic heterocycles. The number of ether oxygens (including phenoxy) is 3. The van der Waals surface area contributed by atoms with Crippen LogP contribution in [0, 0.1) is 0 Å². The Kier molecular flexibility index (Phi) is 6.56. The predicted octanol–water partition coefficient (Wildman–Crippen LogP) is 2.94. The minimum atomic E-state index is -0.361. The highest BCUT2D eigenvalue weighted by Gasteiger charge is 2.17. The number of hydrogen-bond acceptors (Lipinski definition) is 6. The van der Waals surface area contributed by atoms with Crippen molar-refractivity contribution in [2.75, 3.05) is 14.2 Å². The average Bonchev–Trinajstić information content (AvgIpc) is 3.08. The first kappa shape index (κ1) is 21.2. The van der Waals surface area contributed by atoms with Gasteiger partial charge in [-0.2, -0.15) is 0 Å². The number of nitrogens with one attached hydrogen (secondary N) is 1. The zero-order valence-corrected chi connectivity index (χ0v) is 17.5. The van der Waals surface area contributed by atoms with Gasteiger partial charge in [0.25, 0.3) is 5.91 Å². The van der Waals surface area contributed by atoms with E-state index in [1.807, 2.05) is 24.3 Å². The van der Waals surface area contributed by atoms with Crippen LogP contribution in [0.4, 0.5) is 0 Å². The third kappa shape index (κ3) is 4.71. The number of carbonyl (C=O) groups is 2. The minimum Gasteiger partial charge on any atom is -0.493 e. The number of imidazole rings is 1. The summed E-state index contributed by atoms with van der Waals surface area (Å²) in [5.74, 6) is 0.916. The fourth-order valence-electron chi connectivity index (χ4n) is 3.10. The molecular weight excluding hydrogens is 386 g/mol. The van der Waals surface area contributed by atoms with E-state index >= 15 is 0 Å². The number of amides is 1. The molecule has 158 valence electrons. The Morgan fingerprint density at radius 3 is 2.50 bits per heavy atom. The fraction of sp³-hybridized carbons (Fsp3) is 0.318. The summed E-state index contributed by atoms with van der Waals surface area (Å²) in [6, 6.07) is 12.4. The second-order valence-corrected chi connectivity index (χ2v) is 6.89. The van der Waals surface area contributed by atoms with Crippen molar-refractivity contribution in [2.45, 2.75) is 33.0 Å². The highest BCUT2D eigenvalue weighted by Crippen LogP contribution is 2.27. The standard InChI is InChI=1S/C22H25N3O5/c1-14(2)30-21(26)13-25-17-8-6-5-7-16(17)24-20(25)12-23-22(27)15-9-10-18(28-3)19(11-15)29-4/h5-11,14H,12-13H2,1-4H3,(H,23,27). The number of rotatable bonds is 8. The number of hydrogen-bond donors (Lipinski definition) is 1. The second kappa shape index (κ2) is 9.30. The lowest BCUT2D eigenvalue weighted by atomic mass is 10.2. The van der Waals surface area contributed by atoms with Gasteiger partial charge in [-0.05, 0) is 44.2 Å². The van der Waals surface area contributed by atoms with Crippen LogP contribution in [0.5, 0.6) is 11.5 Å². The van der Waals surface area contributed by atoms with Crippen molar-refractivity contribution >= 4 is 22.9 Å². The first-order valence-electron chi connectivity index (χ1n) is 9.56. The largest absolute Gasteiger partial charge is 0.493 e. The third-order valence-electron chi connectivity index (χ3n) is 4.44. The number of esters is 1. The molecule has 0 atom stereocenters. The van der Waals surface area contributed by atoms with E-state index < -0.39 is 0 Å². The van der Waals surface area contributed by atoms with Crippen LogP contribution in [0.3, 0.4) is 0 Å². The molecule has 8 nitrogen and oxygen atoms in total. The van der Waals surface area contributed by atoms with Gasteiger partial charge in [-0.1, -0.05) is 12.1 Å². The molecule has 8 heteroatoms. The lowest BCUT2D eigenvalue weighted by Crippen LogP contribution is -2.26. The molecule has 2 aromatic carbocycles. The Labute approximate surface area is 174 Å². The van der Waals surface area contributed by atoms with Gasteiger partial charge in [0.05, 0.1) is 37.9 Å². The number of benzene rings is 2. The molecule has 0 aliphatic heterocycles. The van der Waals surface area contributed by atoms with Gasteiger partial charge < -0.3 is 24.1 Å². The summed E-state index contributed by atoms with van der Waals surface area (Å²) >= 11 is 0. The molecule has 0 fully saturated rings. The van der Waals surface area contributed by atoms with Crippen LogP contribution < -0.4 is 14.8 Å². The van der Waals surface area contributed by atoms with Gasteiger partial charge in [0.1, 0.15) is 12.4 Å². The second-order valence-electron chi connectivity index (χ2n) is 6.89. The normalized spacial score (nSPS) is 10.8. The molecule has 0 aliphatic rings. The van der Waals surface area contributed by atoms with Gasteiger partial charge in [-0.25, -0.2) is 4.98 Å². The first-order chi connectivity index (χ1) is 14.4. The van der Waals surface area contributed by atoms with Gasteiger partial charge in [0, 0.05) is 5.56 Å². The van der Waals surface area contributed by atoms with Crippen molar-refractivity contribution in [2.24, 2.45) is 0 Å². The molecule has 1 amide bonds. The van der Waals surface area contributed by atoms with Crippen molar-refractivity contribution in [1.82, 2.24) is 14.9 Å². The molecule has 0 unspecified atom stereocenters. The number of methoxy groups -OCH3 is 2. The molecule has 1 heterocycles. The molecule has 0 aliphatic carbocycles. The van der Waals surface area contributed by atoms with E-state index in [-0.39, 0.29) is 31.1 Å². The Morgan fingerprint density at radius 2 is 1.80 bits per heavy atom. The average molecular weight is 411 g/mol. The van der Waals surface area contributed by atoms with Crippen LogP contribution in [0.2, 0.25) is 0 Å². The van der Waals surface area contributed by atoms with Gasteiger partial charge in [-0.3, -0.25) is 9.59 Å². The molecule has 3 rings (SSSR count). The summed E-state index contributed by atoms with van der Waals surface area (Å²) in [5.41, 5.74) is 1.97. The van der Waals surface area contributed by atoms with Crippen LogP contribution in [-0.2, 0) is 22.6 Å². The summed E-state index contributed by atoms with van der Waals surface area (Å²) in [5, 5.41) is 2.85. The smallest absolute Gasteiger partial charge is 0.326 e. The van der Waals surface area contributed by atoms with Crippen molar-refractivity contribution in [3.05, 3.63) is 53.9 Å². The quantitative estimate of drug-likeness (QED) is 0.573. The molecule has 0 saturated carbocycles. The summed E-state index contributed by atoms with van der Waals surface area (Å²) in [6.07, 6.45) is -0.208. The topological polar surface area (TPSA) is 91.7 Å². The van der Waals surface area contributed by atoms with Crippen molar-refractivity contribution in [3.63, 3.8) is 0 Å². The van der Waals surface area contributed by atoms with Crippen LogP contribution >= 0.6 is 0 Å². The van der Waals surface area contributed by atoms with E-state index in [0.717, 1.165) is 11.0 Å². The summed E-state index contributed by atoms with van der Waals surface area (Å²) in [6.45, 7) is 3.76. The maximum Gasteiger partial charge on any atom is 0.326 e. The van der Waals surface area contributed by atoms with Crippen molar-refractivity contribution in [3.8, 4) is 11.5 Å². The number of aromatic nitrogens is 2. The van der Waals surface area contributed by atoms with E-state index in [1.165, 1.54) is 14.2 Å². The summed E-state index contributed by atoms with van der Waals surface area (Å²) in [7, 11) is 3.05. The van der Waals surface area contributed by atoms with E-state index in [1.54, 1.807) is 36.6 Å². The van der Waals surface area contributed by atoms with E-state index in [9.17, 15) is 9.59 Å². The maximum atomic E-state index is 12.6. The van der Waals surface area contributed by atoms with E-state index in [2.05, 4.69) is 10.3 Å². The molecule has 0 spiro atoms. The maximum absolute atomic E-state index is 12.6. The number of nitrogens with zero attached hydrogens (tertiary/aromatic N) is 2. The minimum absolute atomic E-state index is 0.0141. The van der Waals surface area contributed by atoms with E-state index in [0.29, 0.717) is 22.9 Å². The molecular formula is C22H25N3O5. The van der Waals surface area contributed by atoms with Gasteiger partial charge in [0.15, 0.2) is 11.5 Å². The summed E-state index contributed by atoms with van der Waals surface area (Å²) < 4.78 is 17.5. The van der Waals surface area contributed by atoms with E-state index in [4.69, 9.17) is 14.2 Å². The molecule has 1 N–H and O–H groups in total. The highest BCUT2D eigenvalue weighted by molar-refractivity contribution is 5.94. The lowest BCUT2D eigenvalue weighted by molar-refractivity contribution is -0.148. The van der Waals surface area contributed by atoms with Gasteiger partial charge in [-0.15, -0.1) is 0 Å². The Hall–Kier alpha value is -3.55. The zero-order valence-electron chi connectivity index (χ0n) is 17.5. The lowest BCUT2D eigenvalue weighted by Gasteiger charge is -2.12. The van der Waals surface area contributed by atoms with Crippen LogP contribution in [0.1, 0.15) is 30.0 Å². The Balaban J connectivity index is 1.81. The van der Waals surface area contributed by atoms with Crippen LogP contribution in [0.15, 0.2) is 42.5 Å². The van der Waals surface area contributed by atoms with Gasteiger partial charge >= 0.3 is 5.97 Å². The predicted molar refractivity (Wildman–Crippen MR) is 112 cm³/mol. The zero-order chi connectivity index (χ0) is 21.7. The molecule has 30 heavy (non-hydrogen) atoms. The molecule has 3 aromatic rings. The molecule has 0 bridgehead atoms. The first-order valence-corrected chi connectivity index (χ1v) is 9.56. The Bertz CT molecular complexity index is 1060. The SMILES string of the molecule is COc1ccc(C(=O)NCc2nc3ccccc3n2CC(=O)OC(C)C)cc1OC. The number of carbonyl (C=O) groups excluding carboxylic acids is 2. The number of para-hydroxylation sites is 2. The Morgan fingerprint density at radius 1 is 1.07 bits per heavy atom. The fourth-order valence-corrected chi connectivity index (χ4v) is 3.10. The van der Waals surface area contributed by atoms with Crippen LogP contribution in [0.25, 0.3) is 11.0 Å². The number of fused-ring (bicyclic) bond motifs is 1. The summed E-state index contributed by atoms with van der Waals surface area (Å²) in [4.78, 5) is 29.4. The third-order valence-corrected chi connectivity index (χ3v) is 4.44.